The smallest absolute Gasteiger partial charge is 0.254 e. The van der Waals surface area contributed by atoms with Gasteiger partial charge in [0.1, 0.15) is 12.1 Å². The maximum absolute atomic E-state index is 9.61. The lowest BCUT2D eigenvalue weighted by molar-refractivity contribution is 0.198. The van der Waals surface area contributed by atoms with Gasteiger partial charge in [-0.05, 0) is 12.8 Å². The number of anilines is 1. The number of aliphatic hydroxyl groups excluding tert-OH is 1. The van der Waals surface area contributed by atoms with E-state index in [1.807, 2.05) is 6.07 Å². The van der Waals surface area contributed by atoms with Crippen molar-refractivity contribution in [3.8, 4) is 0 Å². The van der Waals surface area contributed by atoms with E-state index in [9.17, 15) is 5.11 Å². The van der Waals surface area contributed by atoms with Gasteiger partial charge in [0, 0.05) is 24.8 Å². The zero-order chi connectivity index (χ0) is 11.8. The van der Waals surface area contributed by atoms with Crippen molar-refractivity contribution in [3.05, 3.63) is 18.1 Å². The summed E-state index contributed by atoms with van der Waals surface area (Å²) in [6.45, 7) is 3.57. The third kappa shape index (κ3) is 1.74. The third-order valence-corrected chi connectivity index (χ3v) is 3.14. The van der Waals surface area contributed by atoms with Crippen LogP contribution >= 0.6 is 0 Å². The third-order valence-electron chi connectivity index (χ3n) is 3.14. The average Bonchev–Trinajstić information content (AvgIpc) is 2.95. The molecule has 0 aliphatic carbocycles. The van der Waals surface area contributed by atoms with Gasteiger partial charge in [-0.15, -0.1) is 0 Å². The Hall–Kier alpha value is -1.69. The van der Waals surface area contributed by atoms with Gasteiger partial charge in [0.15, 0.2) is 0 Å². The van der Waals surface area contributed by atoms with E-state index in [1.54, 1.807) is 4.52 Å². The number of hydrogen-bond acceptors (Lipinski definition) is 5. The van der Waals surface area contributed by atoms with E-state index in [2.05, 4.69) is 26.9 Å². The molecule has 0 bridgehead atoms. The van der Waals surface area contributed by atoms with Crippen LogP contribution in [0.25, 0.3) is 5.78 Å². The summed E-state index contributed by atoms with van der Waals surface area (Å²) in [5, 5.41) is 13.8. The first-order chi connectivity index (χ1) is 8.28. The van der Waals surface area contributed by atoms with Crippen LogP contribution in [0.4, 0.5) is 5.82 Å². The molecule has 2 aromatic rings. The van der Waals surface area contributed by atoms with Gasteiger partial charge in [0.25, 0.3) is 5.78 Å². The van der Waals surface area contributed by atoms with Crippen LogP contribution in [0.1, 0.15) is 19.0 Å². The summed E-state index contributed by atoms with van der Waals surface area (Å²) in [5.74, 6) is 1.60. The molecule has 1 N–H and O–H groups in total. The van der Waals surface area contributed by atoms with Crippen molar-refractivity contribution in [2.45, 2.75) is 25.9 Å². The zero-order valence-corrected chi connectivity index (χ0v) is 9.74. The Morgan fingerprint density at radius 3 is 3.12 bits per heavy atom. The highest BCUT2D eigenvalue weighted by Crippen LogP contribution is 2.21. The minimum absolute atomic E-state index is 0.244. The molecule has 6 heteroatoms. The Morgan fingerprint density at radius 2 is 2.41 bits per heavy atom. The Labute approximate surface area is 98.9 Å². The minimum atomic E-state index is -0.244. The van der Waals surface area contributed by atoms with Crippen molar-refractivity contribution in [2.75, 3.05) is 18.0 Å². The first-order valence-electron chi connectivity index (χ1n) is 5.90. The molecule has 1 atom stereocenters. The number of hydrogen-bond donors (Lipinski definition) is 1. The van der Waals surface area contributed by atoms with Gasteiger partial charge in [-0.1, -0.05) is 6.92 Å². The van der Waals surface area contributed by atoms with Crippen LogP contribution in [-0.4, -0.2) is 43.9 Å². The fourth-order valence-corrected chi connectivity index (χ4v) is 2.20. The number of fused-ring (bicyclic) bond motifs is 1. The van der Waals surface area contributed by atoms with Crippen LogP contribution < -0.4 is 4.90 Å². The second kappa shape index (κ2) is 3.96. The molecule has 3 rings (SSSR count). The second-order valence-electron chi connectivity index (χ2n) is 4.32. The molecular weight excluding hydrogens is 218 g/mol. The fraction of sp³-hybridized carbons (Fsp3) is 0.545. The molecule has 1 aliphatic heterocycles. The number of aromatic nitrogens is 4. The van der Waals surface area contributed by atoms with E-state index in [1.165, 1.54) is 6.33 Å². The predicted molar refractivity (Wildman–Crippen MR) is 63.0 cm³/mol. The molecule has 0 amide bonds. The Kier molecular flexibility index (Phi) is 2.44. The molecule has 90 valence electrons. The summed E-state index contributed by atoms with van der Waals surface area (Å²) in [7, 11) is 0. The van der Waals surface area contributed by atoms with Gasteiger partial charge in [-0.25, -0.2) is 4.98 Å². The Morgan fingerprint density at radius 1 is 1.53 bits per heavy atom. The normalized spacial score (nSPS) is 20.4. The maximum atomic E-state index is 9.61. The van der Waals surface area contributed by atoms with Crippen LogP contribution in [-0.2, 0) is 6.42 Å². The van der Waals surface area contributed by atoms with E-state index < -0.39 is 0 Å². The van der Waals surface area contributed by atoms with Gasteiger partial charge in [-0.2, -0.15) is 14.6 Å². The van der Waals surface area contributed by atoms with E-state index in [4.69, 9.17) is 0 Å². The van der Waals surface area contributed by atoms with Crippen LogP contribution in [0.15, 0.2) is 12.4 Å². The maximum Gasteiger partial charge on any atom is 0.254 e. The zero-order valence-electron chi connectivity index (χ0n) is 9.74. The summed E-state index contributed by atoms with van der Waals surface area (Å²) in [6, 6.07) is 2.03. The Balaban J connectivity index is 2.10. The molecule has 1 saturated heterocycles. The first kappa shape index (κ1) is 10.5. The second-order valence-corrected chi connectivity index (χ2v) is 4.32. The van der Waals surface area contributed by atoms with Crippen molar-refractivity contribution >= 4 is 11.6 Å². The van der Waals surface area contributed by atoms with E-state index in [-0.39, 0.29) is 6.10 Å². The molecule has 1 aliphatic rings. The van der Waals surface area contributed by atoms with Gasteiger partial charge in [0.2, 0.25) is 0 Å². The molecule has 0 saturated carbocycles. The Bertz CT molecular complexity index is 538. The highest BCUT2D eigenvalue weighted by atomic mass is 16.3. The molecule has 17 heavy (non-hydrogen) atoms. The van der Waals surface area contributed by atoms with Crippen LogP contribution in [0.5, 0.6) is 0 Å². The van der Waals surface area contributed by atoms with Gasteiger partial charge >= 0.3 is 0 Å². The lowest BCUT2D eigenvalue weighted by Crippen LogP contribution is -2.24. The molecule has 0 radical (unpaired) electrons. The van der Waals surface area contributed by atoms with Gasteiger partial charge < -0.3 is 10.0 Å². The standard InChI is InChI=1S/C11H15N5O/c1-2-8-5-10(15-4-3-9(17)6-15)16-11(14-8)12-7-13-16/h5,7,9,17H,2-4,6H2,1H3/t9-/m0/s1. The molecule has 1 fully saturated rings. The molecule has 0 unspecified atom stereocenters. The average molecular weight is 233 g/mol. The molecule has 6 nitrogen and oxygen atoms in total. The monoisotopic (exact) mass is 233 g/mol. The molecule has 2 aromatic heterocycles. The van der Waals surface area contributed by atoms with Crippen LogP contribution in [0.3, 0.4) is 0 Å². The van der Waals surface area contributed by atoms with E-state index >= 15 is 0 Å². The van der Waals surface area contributed by atoms with E-state index in [0.717, 1.165) is 30.9 Å². The molecule has 0 spiro atoms. The number of rotatable bonds is 2. The fourth-order valence-electron chi connectivity index (χ4n) is 2.20. The first-order valence-corrected chi connectivity index (χ1v) is 5.90. The number of aliphatic hydroxyl groups is 1. The molecular formula is C11H15N5O. The van der Waals surface area contributed by atoms with Gasteiger partial charge in [0.05, 0.1) is 6.10 Å². The van der Waals surface area contributed by atoms with Crippen molar-refractivity contribution in [1.29, 1.82) is 0 Å². The number of nitrogens with zero attached hydrogens (tertiary/aromatic N) is 5. The summed E-state index contributed by atoms with van der Waals surface area (Å²) in [5.41, 5.74) is 1.00. The SMILES string of the molecule is CCc1cc(N2CC[C@H](O)C2)n2ncnc2n1. The largest absolute Gasteiger partial charge is 0.391 e. The van der Waals surface area contributed by atoms with Crippen LogP contribution in [0, 0.1) is 0 Å². The van der Waals surface area contributed by atoms with Crippen molar-refractivity contribution in [2.24, 2.45) is 0 Å². The number of aryl methyl sites for hydroxylation is 1. The van der Waals surface area contributed by atoms with Crippen LogP contribution in [0.2, 0.25) is 0 Å². The predicted octanol–water partition coefficient (Wildman–Crippen LogP) is 0.258. The summed E-state index contributed by atoms with van der Waals surface area (Å²) in [4.78, 5) is 10.7. The lowest BCUT2D eigenvalue weighted by Gasteiger charge is -2.18. The van der Waals surface area contributed by atoms with Gasteiger partial charge in [-0.3, -0.25) is 0 Å². The van der Waals surface area contributed by atoms with Crippen molar-refractivity contribution in [3.63, 3.8) is 0 Å². The summed E-state index contributed by atoms with van der Waals surface area (Å²) < 4.78 is 1.73. The summed E-state index contributed by atoms with van der Waals surface area (Å²) in [6.07, 6.45) is 2.94. The topological polar surface area (TPSA) is 66.5 Å². The molecule has 0 aromatic carbocycles. The number of β-amino-alcohol motifs (C(OH)–C–C–N with tert-alkyl or cyclic N) is 1. The summed E-state index contributed by atoms with van der Waals surface area (Å²) >= 11 is 0. The van der Waals surface area contributed by atoms with E-state index in [0.29, 0.717) is 12.3 Å². The lowest BCUT2D eigenvalue weighted by atomic mass is 10.3. The molecule has 3 heterocycles. The highest BCUT2D eigenvalue weighted by molar-refractivity contribution is 5.48. The quantitative estimate of drug-likeness (QED) is 0.805. The minimum Gasteiger partial charge on any atom is -0.391 e. The van der Waals surface area contributed by atoms with Crippen molar-refractivity contribution in [1.82, 2.24) is 19.6 Å². The van der Waals surface area contributed by atoms with Crippen molar-refractivity contribution < 1.29 is 5.11 Å². The highest BCUT2D eigenvalue weighted by Gasteiger charge is 2.23.